The second-order valence-electron chi connectivity index (χ2n) is 4.47. The third-order valence-electron chi connectivity index (χ3n) is 3.12. The van der Waals surface area contributed by atoms with E-state index in [9.17, 15) is 9.18 Å². The van der Waals surface area contributed by atoms with Crippen molar-refractivity contribution in [2.24, 2.45) is 0 Å². The Hall–Kier alpha value is -1.91. The van der Waals surface area contributed by atoms with Gasteiger partial charge in [-0.1, -0.05) is 17.7 Å². The maximum absolute atomic E-state index is 13.2. The number of ketones is 1. The van der Waals surface area contributed by atoms with Crippen molar-refractivity contribution in [3.63, 3.8) is 0 Å². The Morgan fingerprint density at radius 1 is 1.19 bits per heavy atom. The number of fused-ring (bicyclic) bond motifs is 1. The number of carbonyl (C=O) groups excluding carboxylic acids is 1. The van der Waals surface area contributed by atoms with E-state index in [1.54, 1.807) is 30.3 Å². The molecule has 0 spiro atoms. The van der Waals surface area contributed by atoms with Crippen LogP contribution in [0.4, 0.5) is 4.39 Å². The van der Waals surface area contributed by atoms with Crippen molar-refractivity contribution in [1.82, 2.24) is 0 Å². The lowest BCUT2D eigenvalue weighted by atomic mass is 10.1. The standard InChI is InChI=1S/C16H10ClFO2S/c1-20-13-6-10(3-5-12(13)17)16(19)15-7-9-2-4-11(18)8-14(9)21-15/h2-8H,1H3. The maximum Gasteiger partial charge on any atom is 0.203 e. The summed E-state index contributed by atoms with van der Waals surface area (Å²) in [6.45, 7) is 0. The van der Waals surface area contributed by atoms with Gasteiger partial charge < -0.3 is 4.74 Å². The Balaban J connectivity index is 2.03. The predicted octanol–water partition coefficient (Wildman–Crippen LogP) is 4.93. The van der Waals surface area contributed by atoms with Crippen LogP contribution in [-0.2, 0) is 0 Å². The first-order chi connectivity index (χ1) is 10.1. The highest BCUT2D eigenvalue weighted by Gasteiger charge is 2.15. The molecule has 21 heavy (non-hydrogen) atoms. The Morgan fingerprint density at radius 2 is 2.00 bits per heavy atom. The quantitative estimate of drug-likeness (QED) is 0.639. The normalized spacial score (nSPS) is 10.8. The van der Waals surface area contributed by atoms with Gasteiger partial charge in [-0.2, -0.15) is 0 Å². The first kappa shape index (κ1) is 14.0. The number of methoxy groups -OCH3 is 1. The SMILES string of the molecule is COc1cc(C(=O)c2cc3ccc(F)cc3s2)ccc1Cl. The molecule has 0 radical (unpaired) electrons. The number of thiophene rings is 1. The van der Waals surface area contributed by atoms with Crippen LogP contribution < -0.4 is 4.74 Å². The Bertz CT molecular complexity index is 841. The summed E-state index contributed by atoms with van der Waals surface area (Å²) >= 11 is 7.22. The number of rotatable bonds is 3. The molecule has 2 aromatic carbocycles. The molecule has 0 aliphatic heterocycles. The second-order valence-corrected chi connectivity index (χ2v) is 5.96. The van der Waals surface area contributed by atoms with Crippen molar-refractivity contribution in [3.05, 3.63) is 63.7 Å². The minimum Gasteiger partial charge on any atom is -0.495 e. The maximum atomic E-state index is 13.2. The van der Waals surface area contributed by atoms with Gasteiger partial charge in [0.2, 0.25) is 5.78 Å². The van der Waals surface area contributed by atoms with Gasteiger partial charge in [0.25, 0.3) is 0 Å². The molecule has 0 saturated carbocycles. The van der Waals surface area contributed by atoms with Crippen molar-refractivity contribution in [2.45, 2.75) is 0 Å². The monoisotopic (exact) mass is 320 g/mol. The zero-order valence-corrected chi connectivity index (χ0v) is 12.6. The molecule has 1 heterocycles. The van der Waals surface area contributed by atoms with Gasteiger partial charge in [0.15, 0.2) is 0 Å². The molecule has 0 fully saturated rings. The molecular weight excluding hydrogens is 311 g/mol. The lowest BCUT2D eigenvalue weighted by molar-refractivity contribution is 0.104. The van der Waals surface area contributed by atoms with Crippen LogP contribution >= 0.6 is 22.9 Å². The van der Waals surface area contributed by atoms with E-state index in [1.807, 2.05) is 0 Å². The first-order valence-electron chi connectivity index (χ1n) is 6.16. The molecule has 3 rings (SSSR count). The van der Waals surface area contributed by atoms with E-state index in [2.05, 4.69) is 0 Å². The number of ether oxygens (including phenoxy) is 1. The highest BCUT2D eigenvalue weighted by atomic mass is 35.5. The summed E-state index contributed by atoms with van der Waals surface area (Å²) in [5, 5.41) is 1.30. The van der Waals surface area contributed by atoms with Gasteiger partial charge >= 0.3 is 0 Å². The molecule has 1 aromatic heterocycles. The average Bonchev–Trinajstić information content (AvgIpc) is 2.90. The average molecular weight is 321 g/mol. The van der Waals surface area contributed by atoms with Crippen molar-refractivity contribution < 1.29 is 13.9 Å². The van der Waals surface area contributed by atoms with Crippen LogP contribution in [0.3, 0.4) is 0 Å². The molecule has 2 nitrogen and oxygen atoms in total. The van der Waals surface area contributed by atoms with Gasteiger partial charge in [-0.15, -0.1) is 11.3 Å². The minimum atomic E-state index is -0.309. The van der Waals surface area contributed by atoms with E-state index < -0.39 is 0 Å². The molecule has 0 bridgehead atoms. The first-order valence-corrected chi connectivity index (χ1v) is 7.35. The molecular formula is C16H10ClFO2S. The van der Waals surface area contributed by atoms with E-state index in [-0.39, 0.29) is 11.6 Å². The van der Waals surface area contributed by atoms with Gasteiger partial charge in [-0.05, 0) is 41.8 Å². The number of hydrogen-bond donors (Lipinski definition) is 0. The fourth-order valence-corrected chi connectivity index (χ4v) is 3.30. The molecule has 0 saturated heterocycles. The topological polar surface area (TPSA) is 26.3 Å². The van der Waals surface area contributed by atoms with Crippen molar-refractivity contribution in [3.8, 4) is 5.75 Å². The lowest BCUT2D eigenvalue weighted by Crippen LogP contribution is -1.99. The largest absolute Gasteiger partial charge is 0.495 e. The summed E-state index contributed by atoms with van der Waals surface area (Å²) in [6.07, 6.45) is 0. The molecule has 0 amide bonds. The van der Waals surface area contributed by atoms with Gasteiger partial charge in [-0.25, -0.2) is 4.39 Å². The molecule has 0 unspecified atom stereocenters. The van der Waals surface area contributed by atoms with Crippen LogP contribution in [0.25, 0.3) is 10.1 Å². The predicted molar refractivity (Wildman–Crippen MR) is 83.2 cm³/mol. The third-order valence-corrected chi connectivity index (χ3v) is 4.53. The Labute approximate surface area is 129 Å². The summed E-state index contributed by atoms with van der Waals surface area (Å²) in [6, 6.07) is 11.1. The van der Waals surface area contributed by atoms with Crippen LogP contribution in [0, 0.1) is 5.82 Å². The molecule has 5 heteroatoms. The van der Waals surface area contributed by atoms with Crippen LogP contribution in [0.15, 0.2) is 42.5 Å². The highest BCUT2D eigenvalue weighted by molar-refractivity contribution is 7.21. The van der Waals surface area contributed by atoms with Gasteiger partial charge in [0, 0.05) is 10.3 Å². The van der Waals surface area contributed by atoms with Crippen LogP contribution in [0.5, 0.6) is 5.75 Å². The Morgan fingerprint density at radius 3 is 2.76 bits per heavy atom. The van der Waals surface area contributed by atoms with E-state index in [0.717, 1.165) is 10.1 Å². The summed E-state index contributed by atoms with van der Waals surface area (Å²) in [4.78, 5) is 13.1. The molecule has 106 valence electrons. The minimum absolute atomic E-state index is 0.133. The summed E-state index contributed by atoms with van der Waals surface area (Å²) in [5.41, 5.74) is 0.489. The molecule has 0 aliphatic rings. The van der Waals surface area contributed by atoms with E-state index in [0.29, 0.717) is 21.2 Å². The fourth-order valence-electron chi connectivity index (χ4n) is 2.06. The van der Waals surface area contributed by atoms with Crippen molar-refractivity contribution in [2.75, 3.05) is 7.11 Å². The summed E-state index contributed by atoms with van der Waals surface area (Å²) in [7, 11) is 1.50. The van der Waals surface area contributed by atoms with Gasteiger partial charge in [-0.3, -0.25) is 4.79 Å². The smallest absolute Gasteiger partial charge is 0.203 e. The van der Waals surface area contributed by atoms with Crippen LogP contribution in [0.1, 0.15) is 15.2 Å². The van der Waals surface area contributed by atoms with Gasteiger partial charge in [0.1, 0.15) is 11.6 Å². The Kier molecular flexibility index (Phi) is 3.66. The number of halogens is 2. The number of carbonyl (C=O) groups is 1. The van der Waals surface area contributed by atoms with Crippen molar-refractivity contribution >= 4 is 38.8 Å². The van der Waals surface area contributed by atoms with Crippen LogP contribution in [-0.4, -0.2) is 12.9 Å². The fraction of sp³-hybridized carbons (Fsp3) is 0.0625. The van der Waals surface area contributed by atoms with E-state index >= 15 is 0 Å². The summed E-state index contributed by atoms with van der Waals surface area (Å²) < 4.78 is 19.1. The van der Waals surface area contributed by atoms with E-state index in [4.69, 9.17) is 16.3 Å². The van der Waals surface area contributed by atoms with Gasteiger partial charge in [0.05, 0.1) is 17.0 Å². The van der Waals surface area contributed by atoms with Crippen LogP contribution in [0.2, 0.25) is 5.02 Å². The second kappa shape index (κ2) is 5.47. The highest BCUT2D eigenvalue weighted by Crippen LogP contribution is 2.30. The molecule has 0 N–H and O–H groups in total. The number of hydrogen-bond acceptors (Lipinski definition) is 3. The molecule has 0 aliphatic carbocycles. The van der Waals surface area contributed by atoms with E-state index in [1.165, 1.54) is 30.6 Å². The summed E-state index contributed by atoms with van der Waals surface area (Å²) in [5.74, 6) is 0.0118. The zero-order valence-electron chi connectivity index (χ0n) is 11.0. The lowest BCUT2D eigenvalue weighted by Gasteiger charge is -2.04. The number of benzene rings is 2. The zero-order chi connectivity index (χ0) is 15.0. The molecule has 0 atom stereocenters. The van der Waals surface area contributed by atoms with Crippen molar-refractivity contribution in [1.29, 1.82) is 0 Å². The third kappa shape index (κ3) is 2.64. The molecule has 3 aromatic rings.